The molecule has 0 amide bonds. The van der Waals surface area contributed by atoms with E-state index in [2.05, 4.69) is 44.9 Å². The Morgan fingerprint density at radius 3 is 2.47 bits per heavy atom. The monoisotopic (exact) mass is 228 g/mol. The van der Waals surface area contributed by atoms with Crippen LogP contribution in [0.2, 0.25) is 0 Å². The van der Waals surface area contributed by atoms with Crippen LogP contribution in [0.25, 0.3) is 0 Å². The molecule has 0 radical (unpaired) electrons. The van der Waals surface area contributed by atoms with Crippen molar-refractivity contribution in [3.8, 4) is 0 Å². The molecule has 0 aromatic carbocycles. The third kappa shape index (κ3) is 4.06. The van der Waals surface area contributed by atoms with Gasteiger partial charge in [0.2, 0.25) is 0 Å². The summed E-state index contributed by atoms with van der Waals surface area (Å²) < 4.78 is 0. The van der Waals surface area contributed by atoms with Gasteiger partial charge < -0.3 is 5.32 Å². The lowest BCUT2D eigenvalue weighted by Gasteiger charge is -2.17. The Bertz CT molecular complexity index is 224. The summed E-state index contributed by atoms with van der Waals surface area (Å²) in [6.07, 6.45) is 0. The first kappa shape index (κ1) is 12.9. The molecule has 0 bridgehead atoms. The topological polar surface area (TPSA) is 24.4 Å². The molecule has 0 saturated carbocycles. The molecule has 2 unspecified atom stereocenters. The predicted octanol–water partition coefficient (Wildman–Crippen LogP) is 3.00. The molecule has 1 rings (SSSR count). The van der Waals surface area contributed by atoms with Gasteiger partial charge in [-0.25, -0.2) is 0 Å². The van der Waals surface area contributed by atoms with Crippen molar-refractivity contribution < 1.29 is 0 Å². The van der Waals surface area contributed by atoms with Crippen molar-refractivity contribution in [1.29, 1.82) is 0 Å². The highest BCUT2D eigenvalue weighted by atomic mass is 32.2. The molecule has 0 saturated heterocycles. The summed E-state index contributed by atoms with van der Waals surface area (Å²) in [4.78, 5) is 4.54. The summed E-state index contributed by atoms with van der Waals surface area (Å²) in [5, 5.41) is 5.30. The van der Waals surface area contributed by atoms with E-state index in [1.54, 1.807) is 0 Å². The predicted molar refractivity (Wildman–Crippen MR) is 70.5 cm³/mol. The summed E-state index contributed by atoms with van der Waals surface area (Å²) in [6.45, 7) is 13.4. The van der Waals surface area contributed by atoms with E-state index in [1.165, 1.54) is 0 Å². The first-order chi connectivity index (χ1) is 7.00. The first-order valence-electron chi connectivity index (χ1n) is 5.95. The van der Waals surface area contributed by atoms with E-state index in [-0.39, 0.29) is 0 Å². The summed E-state index contributed by atoms with van der Waals surface area (Å²) >= 11 is 1.91. The van der Waals surface area contributed by atoms with Crippen LogP contribution < -0.4 is 5.32 Å². The van der Waals surface area contributed by atoms with E-state index in [0.29, 0.717) is 11.2 Å². The van der Waals surface area contributed by atoms with Crippen molar-refractivity contribution in [2.24, 2.45) is 22.7 Å². The highest BCUT2D eigenvalue weighted by molar-refractivity contribution is 8.14. The van der Waals surface area contributed by atoms with Crippen molar-refractivity contribution in [2.45, 2.75) is 39.9 Å². The molecule has 88 valence electrons. The zero-order valence-corrected chi connectivity index (χ0v) is 11.4. The van der Waals surface area contributed by atoms with Gasteiger partial charge >= 0.3 is 0 Å². The van der Waals surface area contributed by atoms with Gasteiger partial charge in [0.25, 0.3) is 0 Å². The van der Waals surface area contributed by atoms with E-state index in [9.17, 15) is 0 Å². The molecule has 0 aliphatic carbocycles. The Morgan fingerprint density at radius 2 is 2.00 bits per heavy atom. The molecule has 1 aliphatic rings. The maximum absolute atomic E-state index is 4.54. The molecule has 0 spiro atoms. The number of thioether (sulfide) groups is 1. The van der Waals surface area contributed by atoms with Gasteiger partial charge in [-0.15, -0.1) is 0 Å². The molecule has 2 nitrogen and oxygen atoms in total. The Hall–Kier alpha value is -0.180. The van der Waals surface area contributed by atoms with E-state index in [0.717, 1.165) is 30.1 Å². The Balaban J connectivity index is 2.25. The fraction of sp³-hybridized carbons (Fsp3) is 0.917. The second-order valence-corrected chi connectivity index (χ2v) is 6.38. The van der Waals surface area contributed by atoms with Gasteiger partial charge in [-0.1, -0.05) is 46.4 Å². The summed E-state index contributed by atoms with van der Waals surface area (Å²) in [5.41, 5.74) is 0. The smallest absolute Gasteiger partial charge is 0.156 e. The molecule has 0 aromatic heterocycles. The normalized spacial score (nSPS) is 23.4. The Morgan fingerprint density at radius 1 is 1.33 bits per heavy atom. The number of nitrogens with zero attached hydrogens (tertiary/aromatic N) is 1. The molecular formula is C12H24N2S. The standard InChI is InChI=1S/C12H24N2S/c1-8(2)10(5)6-13-12-14-7-11(15-12)9(3)4/h8-11H,6-7H2,1-5H3,(H,13,14). The molecule has 1 aliphatic heterocycles. The lowest BCUT2D eigenvalue weighted by atomic mass is 9.98. The average molecular weight is 228 g/mol. The van der Waals surface area contributed by atoms with Crippen molar-refractivity contribution >= 4 is 16.9 Å². The second kappa shape index (κ2) is 5.78. The largest absolute Gasteiger partial charge is 0.365 e. The number of aliphatic imine (C=N–C) groups is 1. The van der Waals surface area contributed by atoms with Gasteiger partial charge in [-0.2, -0.15) is 0 Å². The van der Waals surface area contributed by atoms with Gasteiger partial charge in [-0.3, -0.25) is 4.99 Å². The number of hydrogen-bond donors (Lipinski definition) is 1. The number of amidine groups is 1. The lowest BCUT2D eigenvalue weighted by Crippen LogP contribution is -2.28. The average Bonchev–Trinajstić information content (AvgIpc) is 2.62. The van der Waals surface area contributed by atoms with E-state index in [1.807, 2.05) is 11.8 Å². The highest BCUT2D eigenvalue weighted by Crippen LogP contribution is 2.26. The van der Waals surface area contributed by atoms with Gasteiger partial charge in [-0.05, 0) is 17.8 Å². The van der Waals surface area contributed by atoms with E-state index < -0.39 is 0 Å². The summed E-state index contributed by atoms with van der Waals surface area (Å²) in [6, 6.07) is 0. The van der Waals surface area contributed by atoms with Crippen LogP contribution in [0.3, 0.4) is 0 Å². The van der Waals surface area contributed by atoms with Crippen LogP contribution in [0.5, 0.6) is 0 Å². The minimum Gasteiger partial charge on any atom is -0.365 e. The SMILES string of the molecule is CC(C)C(C)CNC1=NCC(C(C)C)S1. The molecular weight excluding hydrogens is 204 g/mol. The highest BCUT2D eigenvalue weighted by Gasteiger charge is 2.22. The molecule has 2 atom stereocenters. The quantitative estimate of drug-likeness (QED) is 0.800. The number of rotatable bonds is 4. The van der Waals surface area contributed by atoms with Crippen LogP contribution in [-0.2, 0) is 0 Å². The minimum absolute atomic E-state index is 0.682. The zero-order chi connectivity index (χ0) is 11.4. The third-order valence-electron chi connectivity index (χ3n) is 3.13. The van der Waals surface area contributed by atoms with Crippen LogP contribution >= 0.6 is 11.8 Å². The molecule has 0 fully saturated rings. The minimum atomic E-state index is 0.682. The number of hydrogen-bond acceptors (Lipinski definition) is 3. The number of nitrogens with one attached hydrogen (secondary N) is 1. The van der Waals surface area contributed by atoms with Gasteiger partial charge in [0, 0.05) is 11.8 Å². The Labute approximate surface area is 98.3 Å². The summed E-state index contributed by atoms with van der Waals surface area (Å²) in [5.74, 6) is 2.18. The van der Waals surface area contributed by atoms with Crippen LogP contribution in [0.1, 0.15) is 34.6 Å². The van der Waals surface area contributed by atoms with Gasteiger partial charge in [0.05, 0.1) is 6.54 Å². The third-order valence-corrected chi connectivity index (χ3v) is 4.63. The van der Waals surface area contributed by atoms with Crippen molar-refractivity contribution in [3.05, 3.63) is 0 Å². The van der Waals surface area contributed by atoms with Crippen LogP contribution in [0, 0.1) is 17.8 Å². The molecule has 1 heterocycles. The van der Waals surface area contributed by atoms with Gasteiger partial charge in [0.15, 0.2) is 5.17 Å². The van der Waals surface area contributed by atoms with Crippen LogP contribution in [0.15, 0.2) is 4.99 Å². The van der Waals surface area contributed by atoms with Gasteiger partial charge in [0.1, 0.15) is 0 Å². The van der Waals surface area contributed by atoms with E-state index >= 15 is 0 Å². The van der Waals surface area contributed by atoms with Crippen LogP contribution in [0.4, 0.5) is 0 Å². The second-order valence-electron chi connectivity index (χ2n) is 5.15. The maximum atomic E-state index is 4.54. The van der Waals surface area contributed by atoms with Crippen molar-refractivity contribution in [3.63, 3.8) is 0 Å². The van der Waals surface area contributed by atoms with Crippen molar-refractivity contribution in [1.82, 2.24) is 5.32 Å². The van der Waals surface area contributed by atoms with Crippen LogP contribution in [-0.4, -0.2) is 23.5 Å². The molecule has 3 heteroatoms. The fourth-order valence-electron chi connectivity index (χ4n) is 1.32. The first-order valence-corrected chi connectivity index (χ1v) is 6.83. The summed E-state index contributed by atoms with van der Waals surface area (Å²) in [7, 11) is 0. The molecule has 15 heavy (non-hydrogen) atoms. The fourth-order valence-corrected chi connectivity index (χ4v) is 2.34. The maximum Gasteiger partial charge on any atom is 0.156 e. The van der Waals surface area contributed by atoms with E-state index in [4.69, 9.17) is 0 Å². The molecule has 0 aromatic rings. The Kier molecular flexibility index (Phi) is 4.97. The lowest BCUT2D eigenvalue weighted by molar-refractivity contribution is 0.416. The molecule has 1 N–H and O–H groups in total. The zero-order valence-electron chi connectivity index (χ0n) is 10.6. The van der Waals surface area contributed by atoms with Crippen molar-refractivity contribution in [2.75, 3.05) is 13.1 Å².